The summed E-state index contributed by atoms with van der Waals surface area (Å²) in [6, 6.07) is 14.2. The molecule has 4 rings (SSSR count). The topological polar surface area (TPSA) is 42.2 Å². The first kappa shape index (κ1) is 14.5. The minimum absolute atomic E-state index is 0.512. The fourth-order valence-corrected chi connectivity index (χ4v) is 2.51. The van der Waals surface area contributed by atoms with Gasteiger partial charge < -0.3 is 5.32 Å². The Morgan fingerprint density at radius 2 is 1.62 bits per heavy atom. The number of halogens is 3. The van der Waals surface area contributed by atoms with E-state index in [4.69, 9.17) is 0 Å². The third-order valence-corrected chi connectivity index (χ3v) is 3.66. The van der Waals surface area contributed by atoms with Crippen LogP contribution in [0.5, 0.6) is 0 Å². The Balaban J connectivity index is 1.66. The number of nitrogens with zero attached hydrogens (tertiary/aromatic N) is 3. The molecule has 4 nitrogen and oxygen atoms in total. The van der Waals surface area contributed by atoms with Crippen LogP contribution in [0.4, 0.5) is 24.7 Å². The van der Waals surface area contributed by atoms with Crippen LogP contribution in [0.1, 0.15) is 5.56 Å². The summed E-state index contributed by atoms with van der Waals surface area (Å²) in [7, 11) is 0. The molecule has 1 N–H and O–H groups in total. The molecule has 0 aliphatic heterocycles. The van der Waals surface area contributed by atoms with Gasteiger partial charge in [-0.3, -0.25) is 4.40 Å². The molecule has 0 saturated carbocycles. The molecule has 0 fully saturated rings. The van der Waals surface area contributed by atoms with Crippen molar-refractivity contribution in [1.82, 2.24) is 14.4 Å². The average Bonchev–Trinajstić information content (AvgIpc) is 2.92. The highest BCUT2D eigenvalue weighted by molar-refractivity contribution is 5.79. The summed E-state index contributed by atoms with van der Waals surface area (Å²) in [5.41, 5.74) is 1.62. The molecule has 0 amide bonds. The molecule has 7 heteroatoms. The number of rotatable bonds is 2. The summed E-state index contributed by atoms with van der Waals surface area (Å²) in [5, 5.41) is 2.99. The lowest BCUT2D eigenvalue weighted by molar-refractivity contribution is -0.137. The number of para-hydroxylation sites is 2. The van der Waals surface area contributed by atoms with Crippen LogP contribution in [0.15, 0.2) is 60.8 Å². The van der Waals surface area contributed by atoms with Gasteiger partial charge in [-0.25, -0.2) is 4.98 Å². The van der Waals surface area contributed by atoms with Crippen molar-refractivity contribution in [1.29, 1.82) is 0 Å². The minimum Gasteiger partial charge on any atom is -0.340 e. The number of alkyl halides is 3. The Labute approximate surface area is 134 Å². The molecule has 2 aromatic carbocycles. The van der Waals surface area contributed by atoms with Gasteiger partial charge >= 0.3 is 6.18 Å². The van der Waals surface area contributed by atoms with Gasteiger partial charge in [0.25, 0.3) is 0 Å². The Hall–Kier alpha value is -3.09. The van der Waals surface area contributed by atoms with Crippen LogP contribution in [-0.2, 0) is 6.18 Å². The Morgan fingerprint density at radius 3 is 2.38 bits per heavy atom. The fraction of sp³-hybridized carbons (Fsp3) is 0.0588. The molecule has 2 aromatic heterocycles. The molecule has 2 heterocycles. The van der Waals surface area contributed by atoms with Gasteiger partial charge in [0.15, 0.2) is 0 Å². The second-order valence-corrected chi connectivity index (χ2v) is 5.28. The lowest BCUT2D eigenvalue weighted by Crippen LogP contribution is -2.04. The van der Waals surface area contributed by atoms with Crippen LogP contribution in [0, 0.1) is 0 Å². The quantitative estimate of drug-likeness (QED) is 0.583. The maximum Gasteiger partial charge on any atom is 0.416 e. The molecule has 4 aromatic rings. The van der Waals surface area contributed by atoms with Gasteiger partial charge in [-0.1, -0.05) is 12.1 Å². The first-order valence-corrected chi connectivity index (χ1v) is 7.19. The van der Waals surface area contributed by atoms with Gasteiger partial charge in [-0.15, -0.1) is 0 Å². The largest absolute Gasteiger partial charge is 0.416 e. The molecule has 24 heavy (non-hydrogen) atoms. The third kappa shape index (κ3) is 2.54. The van der Waals surface area contributed by atoms with E-state index in [0.717, 1.165) is 23.2 Å². The highest BCUT2D eigenvalue weighted by Crippen LogP contribution is 2.30. The van der Waals surface area contributed by atoms with Crippen molar-refractivity contribution in [2.75, 3.05) is 5.32 Å². The van der Waals surface area contributed by atoms with Crippen molar-refractivity contribution in [3.63, 3.8) is 0 Å². The third-order valence-electron chi connectivity index (χ3n) is 3.66. The fourth-order valence-electron chi connectivity index (χ4n) is 2.51. The minimum atomic E-state index is -4.34. The normalized spacial score (nSPS) is 12.0. The number of anilines is 2. The van der Waals surface area contributed by atoms with E-state index in [9.17, 15) is 13.2 Å². The number of fused-ring (bicyclic) bond motifs is 3. The Bertz CT molecular complexity index is 1020. The molecule has 120 valence electrons. The predicted octanol–water partition coefficient (Wildman–Crippen LogP) is 4.64. The zero-order valence-electron chi connectivity index (χ0n) is 12.2. The summed E-state index contributed by atoms with van der Waals surface area (Å²) in [6.07, 6.45) is -2.52. The van der Waals surface area contributed by atoms with E-state index in [-0.39, 0.29) is 0 Å². The van der Waals surface area contributed by atoms with Crippen LogP contribution in [0.2, 0.25) is 0 Å². The van der Waals surface area contributed by atoms with Crippen LogP contribution in [-0.4, -0.2) is 14.4 Å². The highest BCUT2D eigenvalue weighted by Gasteiger charge is 2.29. The molecular formula is C17H11F3N4. The average molecular weight is 328 g/mol. The molecule has 0 spiro atoms. The summed E-state index contributed by atoms with van der Waals surface area (Å²) >= 11 is 0. The monoisotopic (exact) mass is 328 g/mol. The standard InChI is InChI=1S/C17H11F3N4/c18-17(19,20)11-5-7-12(8-6-11)21-15-9-10-24-14-4-2-1-3-13(14)22-16(24)23-15/h1-10H,(H,21,22,23). The molecular weight excluding hydrogens is 317 g/mol. The first-order chi connectivity index (χ1) is 11.5. The zero-order valence-corrected chi connectivity index (χ0v) is 12.2. The van der Waals surface area contributed by atoms with Crippen LogP contribution >= 0.6 is 0 Å². The van der Waals surface area contributed by atoms with Crippen LogP contribution in [0.25, 0.3) is 16.8 Å². The van der Waals surface area contributed by atoms with Crippen molar-refractivity contribution in [2.24, 2.45) is 0 Å². The van der Waals surface area contributed by atoms with E-state index in [2.05, 4.69) is 15.3 Å². The van der Waals surface area contributed by atoms with Crippen LogP contribution in [0.3, 0.4) is 0 Å². The zero-order chi connectivity index (χ0) is 16.7. The van der Waals surface area contributed by atoms with Crippen molar-refractivity contribution in [2.45, 2.75) is 6.18 Å². The molecule has 0 unspecified atom stereocenters. The Kier molecular flexibility index (Phi) is 3.16. The first-order valence-electron chi connectivity index (χ1n) is 7.19. The van der Waals surface area contributed by atoms with Gasteiger partial charge in [0.1, 0.15) is 5.82 Å². The molecule has 0 atom stereocenters. The smallest absolute Gasteiger partial charge is 0.340 e. The summed E-state index contributed by atoms with van der Waals surface area (Å²) in [5.74, 6) is 1.03. The second kappa shape index (κ2) is 5.23. The molecule has 0 radical (unpaired) electrons. The maximum absolute atomic E-state index is 12.6. The number of imidazole rings is 1. The van der Waals surface area contributed by atoms with Gasteiger partial charge in [-0.2, -0.15) is 18.2 Å². The van der Waals surface area contributed by atoms with Gasteiger partial charge in [-0.05, 0) is 42.5 Å². The summed E-state index contributed by atoms with van der Waals surface area (Å²) in [4.78, 5) is 8.82. The van der Waals surface area contributed by atoms with Crippen molar-refractivity contribution >= 4 is 28.3 Å². The van der Waals surface area contributed by atoms with Crippen molar-refractivity contribution in [3.05, 3.63) is 66.4 Å². The van der Waals surface area contributed by atoms with Gasteiger partial charge in [0.05, 0.1) is 16.6 Å². The van der Waals surface area contributed by atoms with E-state index in [1.54, 1.807) is 6.07 Å². The van der Waals surface area contributed by atoms with E-state index >= 15 is 0 Å². The molecule has 0 saturated heterocycles. The van der Waals surface area contributed by atoms with Gasteiger partial charge in [0.2, 0.25) is 5.78 Å². The van der Waals surface area contributed by atoms with E-state index in [1.807, 2.05) is 34.9 Å². The van der Waals surface area contributed by atoms with Crippen molar-refractivity contribution in [3.8, 4) is 0 Å². The summed E-state index contributed by atoms with van der Waals surface area (Å²) in [6.45, 7) is 0. The van der Waals surface area contributed by atoms with Gasteiger partial charge in [0, 0.05) is 11.9 Å². The summed E-state index contributed by atoms with van der Waals surface area (Å²) < 4.78 is 39.6. The molecule has 0 aliphatic carbocycles. The number of nitrogens with one attached hydrogen (secondary N) is 1. The maximum atomic E-state index is 12.6. The van der Waals surface area contributed by atoms with Crippen LogP contribution < -0.4 is 5.32 Å². The number of hydrogen-bond donors (Lipinski definition) is 1. The second-order valence-electron chi connectivity index (χ2n) is 5.28. The SMILES string of the molecule is FC(F)(F)c1ccc(Nc2ccn3c(n2)nc2ccccc23)cc1. The lowest BCUT2D eigenvalue weighted by Gasteiger charge is -2.09. The lowest BCUT2D eigenvalue weighted by atomic mass is 10.2. The molecule has 0 bridgehead atoms. The van der Waals surface area contributed by atoms with E-state index in [0.29, 0.717) is 17.3 Å². The van der Waals surface area contributed by atoms with E-state index in [1.165, 1.54) is 12.1 Å². The predicted molar refractivity (Wildman–Crippen MR) is 85.2 cm³/mol. The van der Waals surface area contributed by atoms with Crippen molar-refractivity contribution < 1.29 is 13.2 Å². The number of hydrogen-bond acceptors (Lipinski definition) is 3. The Morgan fingerprint density at radius 1 is 0.875 bits per heavy atom. The highest BCUT2D eigenvalue weighted by atomic mass is 19.4. The van der Waals surface area contributed by atoms with E-state index < -0.39 is 11.7 Å². The number of benzene rings is 2. The molecule has 0 aliphatic rings. The number of aromatic nitrogens is 3.